The summed E-state index contributed by atoms with van der Waals surface area (Å²) in [6.07, 6.45) is 5.38. The van der Waals surface area contributed by atoms with Crippen LogP contribution in [0.5, 0.6) is 17.4 Å². The lowest BCUT2D eigenvalue weighted by Crippen LogP contribution is -2.37. The minimum atomic E-state index is 0.535. The molecule has 2 aromatic rings. The average Bonchev–Trinajstić information content (AvgIpc) is 2.70. The largest absolute Gasteiger partial charge is 0.490 e. The van der Waals surface area contributed by atoms with Crippen molar-refractivity contribution in [3.63, 3.8) is 0 Å². The fourth-order valence-electron chi connectivity index (χ4n) is 2.49. The Balaban J connectivity index is 1.86. The van der Waals surface area contributed by atoms with E-state index in [0.717, 1.165) is 24.5 Å². The second-order valence-corrected chi connectivity index (χ2v) is 6.05. The number of hydrogen-bond donors (Lipinski definition) is 2. The zero-order valence-electron chi connectivity index (χ0n) is 16.5. The Labute approximate surface area is 162 Å². The summed E-state index contributed by atoms with van der Waals surface area (Å²) in [4.78, 5) is 8.62. The molecule has 0 radical (unpaired) electrons. The van der Waals surface area contributed by atoms with Gasteiger partial charge in [0.15, 0.2) is 17.5 Å². The highest BCUT2D eigenvalue weighted by atomic mass is 16.5. The van der Waals surface area contributed by atoms with Crippen molar-refractivity contribution < 1.29 is 9.47 Å². The van der Waals surface area contributed by atoms with Crippen LogP contribution in [0, 0.1) is 0 Å². The van der Waals surface area contributed by atoms with Gasteiger partial charge in [0.05, 0.1) is 6.61 Å². The number of nitrogens with one attached hydrogen (secondary N) is 2. The Bertz CT molecular complexity index is 702. The van der Waals surface area contributed by atoms with Crippen LogP contribution in [-0.4, -0.2) is 31.1 Å². The summed E-state index contributed by atoms with van der Waals surface area (Å²) in [7, 11) is 1.78. The summed E-state index contributed by atoms with van der Waals surface area (Å²) in [6, 6.07) is 11.4. The third-order valence-corrected chi connectivity index (χ3v) is 3.92. The molecule has 2 N–H and O–H groups in total. The van der Waals surface area contributed by atoms with E-state index in [0.29, 0.717) is 30.5 Å². The summed E-state index contributed by atoms with van der Waals surface area (Å²) >= 11 is 0. The maximum absolute atomic E-state index is 5.85. The van der Waals surface area contributed by atoms with E-state index in [1.165, 1.54) is 12.8 Å². The number of aromatic nitrogens is 1. The van der Waals surface area contributed by atoms with Crippen molar-refractivity contribution in [2.75, 3.05) is 20.2 Å². The van der Waals surface area contributed by atoms with Crippen molar-refractivity contribution in [2.24, 2.45) is 4.99 Å². The highest BCUT2D eigenvalue weighted by molar-refractivity contribution is 5.79. The first-order valence-corrected chi connectivity index (χ1v) is 9.56. The molecule has 0 aliphatic rings. The van der Waals surface area contributed by atoms with Crippen molar-refractivity contribution in [3.8, 4) is 17.4 Å². The third-order valence-electron chi connectivity index (χ3n) is 3.92. The van der Waals surface area contributed by atoms with Crippen molar-refractivity contribution in [1.82, 2.24) is 15.6 Å². The Morgan fingerprint density at radius 3 is 2.52 bits per heavy atom. The van der Waals surface area contributed by atoms with E-state index in [9.17, 15) is 0 Å². The Hall–Kier alpha value is -2.76. The number of pyridine rings is 1. The highest BCUT2D eigenvalue weighted by Crippen LogP contribution is 2.30. The van der Waals surface area contributed by atoms with Gasteiger partial charge in [-0.3, -0.25) is 4.99 Å². The van der Waals surface area contributed by atoms with Gasteiger partial charge in [-0.05, 0) is 31.0 Å². The molecule has 0 saturated carbocycles. The lowest BCUT2D eigenvalue weighted by Gasteiger charge is -2.12. The first kappa shape index (κ1) is 20.6. The van der Waals surface area contributed by atoms with E-state index in [2.05, 4.69) is 27.5 Å². The van der Waals surface area contributed by atoms with Gasteiger partial charge in [-0.25, -0.2) is 4.98 Å². The number of nitrogens with zero attached hydrogens (tertiary/aromatic N) is 2. The van der Waals surface area contributed by atoms with Gasteiger partial charge in [-0.1, -0.05) is 38.0 Å². The zero-order chi connectivity index (χ0) is 19.3. The summed E-state index contributed by atoms with van der Waals surface area (Å²) in [5.74, 6) is 2.71. The molecule has 0 unspecified atom stereocenters. The number of hydrogen-bond acceptors (Lipinski definition) is 4. The van der Waals surface area contributed by atoms with Gasteiger partial charge in [0.2, 0.25) is 5.88 Å². The number of benzene rings is 1. The molecule has 2 rings (SSSR count). The highest BCUT2D eigenvalue weighted by Gasteiger charge is 2.06. The molecule has 0 spiro atoms. The van der Waals surface area contributed by atoms with E-state index >= 15 is 0 Å². The maximum atomic E-state index is 5.85. The topological polar surface area (TPSA) is 67.8 Å². The minimum absolute atomic E-state index is 0.535. The van der Waals surface area contributed by atoms with Gasteiger partial charge >= 0.3 is 0 Å². The molecule has 27 heavy (non-hydrogen) atoms. The quantitative estimate of drug-likeness (QED) is 0.374. The lowest BCUT2D eigenvalue weighted by molar-refractivity contribution is 0.319. The molecule has 146 valence electrons. The van der Waals surface area contributed by atoms with Gasteiger partial charge in [-0.15, -0.1) is 0 Å². The standard InChI is InChI=1S/C21H30N4O2/c1-4-6-9-14-23-21(22-3)25-16-17-12-13-20(24-15-17)27-19-11-8-7-10-18(19)26-5-2/h7-8,10-13,15H,4-6,9,14,16H2,1-3H3,(H2,22,23,25). The van der Waals surface area contributed by atoms with E-state index in [1.54, 1.807) is 13.2 Å². The number of rotatable bonds is 10. The predicted molar refractivity (Wildman–Crippen MR) is 110 cm³/mol. The number of ether oxygens (including phenoxy) is 2. The van der Waals surface area contributed by atoms with Crippen LogP contribution in [-0.2, 0) is 6.54 Å². The average molecular weight is 370 g/mol. The van der Waals surface area contributed by atoms with Crippen LogP contribution in [0.3, 0.4) is 0 Å². The molecule has 6 nitrogen and oxygen atoms in total. The van der Waals surface area contributed by atoms with Crippen LogP contribution in [0.4, 0.5) is 0 Å². The third kappa shape index (κ3) is 7.17. The van der Waals surface area contributed by atoms with Crippen LogP contribution < -0.4 is 20.1 Å². The number of unbranched alkanes of at least 4 members (excludes halogenated alkanes) is 2. The van der Waals surface area contributed by atoms with Crippen molar-refractivity contribution in [1.29, 1.82) is 0 Å². The molecule has 0 bridgehead atoms. The van der Waals surface area contributed by atoms with Crippen LogP contribution in [0.15, 0.2) is 47.6 Å². The first-order valence-electron chi connectivity index (χ1n) is 9.56. The molecule has 0 saturated heterocycles. The van der Waals surface area contributed by atoms with Gasteiger partial charge < -0.3 is 20.1 Å². The number of guanidine groups is 1. The van der Waals surface area contributed by atoms with Crippen molar-refractivity contribution in [2.45, 2.75) is 39.7 Å². The predicted octanol–water partition coefficient (Wildman–Crippen LogP) is 4.13. The smallest absolute Gasteiger partial charge is 0.219 e. The lowest BCUT2D eigenvalue weighted by atomic mass is 10.2. The monoisotopic (exact) mass is 370 g/mol. The molecule has 0 aliphatic carbocycles. The molecule has 1 aromatic heterocycles. The molecule has 6 heteroatoms. The fourth-order valence-corrected chi connectivity index (χ4v) is 2.49. The van der Waals surface area contributed by atoms with Gasteiger partial charge in [-0.2, -0.15) is 0 Å². The molecular weight excluding hydrogens is 340 g/mol. The van der Waals surface area contributed by atoms with Gasteiger partial charge in [0.1, 0.15) is 0 Å². The molecule has 0 aliphatic heterocycles. The zero-order valence-corrected chi connectivity index (χ0v) is 16.5. The van der Waals surface area contributed by atoms with Gasteiger partial charge in [0.25, 0.3) is 0 Å². The minimum Gasteiger partial charge on any atom is -0.490 e. The molecule has 1 heterocycles. The van der Waals surface area contributed by atoms with Crippen molar-refractivity contribution in [3.05, 3.63) is 48.2 Å². The van der Waals surface area contributed by atoms with E-state index in [1.807, 2.05) is 43.3 Å². The molecule has 0 fully saturated rings. The molecule has 0 amide bonds. The maximum Gasteiger partial charge on any atom is 0.219 e. The second kappa shape index (κ2) is 11.8. The van der Waals surface area contributed by atoms with Crippen LogP contribution in [0.2, 0.25) is 0 Å². The molecular formula is C21H30N4O2. The SMILES string of the molecule is CCCCCNC(=NC)NCc1ccc(Oc2ccccc2OCC)nc1. The summed E-state index contributed by atoms with van der Waals surface area (Å²) in [6.45, 7) is 6.31. The number of aliphatic imine (C=N–C) groups is 1. The molecule has 1 aromatic carbocycles. The molecule has 0 atom stereocenters. The first-order chi connectivity index (χ1) is 13.3. The summed E-state index contributed by atoms with van der Waals surface area (Å²) in [5, 5.41) is 6.61. The Morgan fingerprint density at radius 1 is 1.04 bits per heavy atom. The van der Waals surface area contributed by atoms with Gasteiger partial charge in [0, 0.05) is 32.4 Å². The van der Waals surface area contributed by atoms with E-state index in [4.69, 9.17) is 9.47 Å². The van der Waals surface area contributed by atoms with Crippen LogP contribution in [0.1, 0.15) is 38.7 Å². The summed E-state index contributed by atoms with van der Waals surface area (Å²) < 4.78 is 11.4. The fraction of sp³-hybridized carbons (Fsp3) is 0.429. The van der Waals surface area contributed by atoms with Crippen molar-refractivity contribution >= 4 is 5.96 Å². The van der Waals surface area contributed by atoms with Crippen LogP contribution >= 0.6 is 0 Å². The number of para-hydroxylation sites is 2. The van der Waals surface area contributed by atoms with E-state index < -0.39 is 0 Å². The van der Waals surface area contributed by atoms with E-state index in [-0.39, 0.29) is 0 Å². The second-order valence-electron chi connectivity index (χ2n) is 6.05. The Morgan fingerprint density at radius 2 is 1.85 bits per heavy atom. The van der Waals surface area contributed by atoms with Crippen LogP contribution in [0.25, 0.3) is 0 Å². The summed E-state index contributed by atoms with van der Waals surface area (Å²) in [5.41, 5.74) is 1.05. The normalized spacial score (nSPS) is 11.1. The Kier molecular flexibility index (Phi) is 8.96.